The van der Waals surface area contributed by atoms with Crippen LogP contribution in [0, 0.1) is 0 Å². The molecule has 3 heteroatoms. The molecule has 2 rings (SSSR count). The molecule has 1 unspecified atom stereocenters. The fourth-order valence-electron chi connectivity index (χ4n) is 2.25. The lowest BCUT2D eigenvalue weighted by Gasteiger charge is -2.15. The molecule has 102 valence electrons. The summed E-state index contributed by atoms with van der Waals surface area (Å²) in [6, 6.07) is 15.4. The van der Waals surface area contributed by atoms with Crippen LogP contribution in [0.2, 0.25) is 4.34 Å². The summed E-state index contributed by atoms with van der Waals surface area (Å²) in [5.74, 6) is 0. The highest BCUT2D eigenvalue weighted by Gasteiger charge is 2.09. The van der Waals surface area contributed by atoms with E-state index in [1.165, 1.54) is 23.3 Å². The smallest absolute Gasteiger partial charge is 0.0931 e. The molecule has 1 atom stereocenters. The van der Waals surface area contributed by atoms with E-state index in [0.29, 0.717) is 6.04 Å². The Morgan fingerprint density at radius 1 is 1.16 bits per heavy atom. The molecule has 0 spiro atoms. The van der Waals surface area contributed by atoms with E-state index < -0.39 is 0 Å². The number of nitrogens with one attached hydrogen (secondary N) is 1. The molecule has 0 amide bonds. The standard InChI is InChI=1S/C16H20ClNS/c1-18-14(12-15-10-11-16(17)19-15)9-5-8-13-6-3-2-4-7-13/h2-4,6-7,10-11,14,18H,5,8-9,12H2,1H3. The number of halogens is 1. The van der Waals surface area contributed by atoms with Crippen LogP contribution in [0.4, 0.5) is 0 Å². The summed E-state index contributed by atoms with van der Waals surface area (Å²) in [6.07, 6.45) is 4.64. The number of hydrogen-bond donors (Lipinski definition) is 1. The summed E-state index contributed by atoms with van der Waals surface area (Å²) >= 11 is 7.66. The maximum Gasteiger partial charge on any atom is 0.0931 e. The lowest BCUT2D eigenvalue weighted by atomic mass is 10.0. The molecule has 1 N–H and O–H groups in total. The van der Waals surface area contributed by atoms with Gasteiger partial charge < -0.3 is 5.32 Å². The van der Waals surface area contributed by atoms with Crippen molar-refractivity contribution in [3.05, 3.63) is 57.2 Å². The molecule has 0 aliphatic carbocycles. The molecule has 0 bridgehead atoms. The van der Waals surface area contributed by atoms with Crippen LogP contribution in [0.25, 0.3) is 0 Å². The van der Waals surface area contributed by atoms with Crippen molar-refractivity contribution < 1.29 is 0 Å². The Hall–Kier alpha value is -0.830. The van der Waals surface area contributed by atoms with E-state index in [0.717, 1.165) is 17.2 Å². The molecule has 0 saturated heterocycles. The Morgan fingerprint density at radius 3 is 2.58 bits per heavy atom. The van der Waals surface area contributed by atoms with Gasteiger partial charge in [-0.3, -0.25) is 0 Å². The monoisotopic (exact) mass is 293 g/mol. The normalized spacial score (nSPS) is 12.5. The van der Waals surface area contributed by atoms with Crippen LogP contribution in [-0.2, 0) is 12.8 Å². The van der Waals surface area contributed by atoms with Crippen LogP contribution in [0.15, 0.2) is 42.5 Å². The number of benzene rings is 1. The molecule has 0 aliphatic heterocycles. The number of likely N-dealkylation sites (N-methyl/N-ethyl adjacent to an activating group) is 1. The largest absolute Gasteiger partial charge is 0.317 e. The predicted molar refractivity (Wildman–Crippen MR) is 85.3 cm³/mol. The van der Waals surface area contributed by atoms with E-state index in [-0.39, 0.29) is 0 Å². The zero-order valence-corrected chi connectivity index (χ0v) is 12.8. The number of rotatable bonds is 7. The Bertz CT molecular complexity index is 481. The predicted octanol–water partition coefficient (Wildman–Crippen LogP) is 4.55. The van der Waals surface area contributed by atoms with Gasteiger partial charge in [0.1, 0.15) is 0 Å². The van der Waals surface area contributed by atoms with Crippen LogP contribution < -0.4 is 5.32 Å². The van der Waals surface area contributed by atoms with E-state index in [1.54, 1.807) is 11.3 Å². The molecular formula is C16H20ClNS. The first kappa shape index (κ1) is 14.6. The maximum atomic E-state index is 5.97. The second kappa shape index (κ2) is 7.68. The van der Waals surface area contributed by atoms with Gasteiger partial charge in [0.2, 0.25) is 0 Å². The molecule has 0 saturated carbocycles. The highest BCUT2D eigenvalue weighted by Crippen LogP contribution is 2.23. The van der Waals surface area contributed by atoms with Crippen molar-refractivity contribution in [1.82, 2.24) is 5.32 Å². The molecule has 0 aliphatic rings. The molecule has 1 aromatic heterocycles. The lowest BCUT2D eigenvalue weighted by Crippen LogP contribution is -2.27. The fourth-order valence-corrected chi connectivity index (χ4v) is 3.42. The van der Waals surface area contributed by atoms with Gasteiger partial charge in [-0.2, -0.15) is 0 Å². The summed E-state index contributed by atoms with van der Waals surface area (Å²) in [7, 11) is 2.04. The van der Waals surface area contributed by atoms with E-state index >= 15 is 0 Å². The van der Waals surface area contributed by atoms with E-state index in [4.69, 9.17) is 11.6 Å². The topological polar surface area (TPSA) is 12.0 Å². The highest BCUT2D eigenvalue weighted by atomic mass is 35.5. The quantitative estimate of drug-likeness (QED) is 0.789. The third kappa shape index (κ3) is 4.98. The first-order valence-corrected chi connectivity index (χ1v) is 7.93. The Morgan fingerprint density at radius 2 is 1.95 bits per heavy atom. The summed E-state index contributed by atoms with van der Waals surface area (Å²) in [6.45, 7) is 0. The van der Waals surface area contributed by atoms with Crippen molar-refractivity contribution >= 4 is 22.9 Å². The van der Waals surface area contributed by atoms with Crippen LogP contribution in [0.3, 0.4) is 0 Å². The van der Waals surface area contributed by atoms with Gasteiger partial charge in [-0.25, -0.2) is 0 Å². The van der Waals surface area contributed by atoms with Crippen molar-refractivity contribution in [2.75, 3.05) is 7.05 Å². The molecule has 0 fully saturated rings. The van der Waals surface area contributed by atoms with Crippen molar-refractivity contribution in [2.24, 2.45) is 0 Å². The Labute approximate surface area is 124 Å². The number of thiophene rings is 1. The molecule has 19 heavy (non-hydrogen) atoms. The zero-order valence-electron chi connectivity index (χ0n) is 11.2. The van der Waals surface area contributed by atoms with E-state index in [9.17, 15) is 0 Å². The second-order valence-corrected chi connectivity index (χ2v) is 6.57. The van der Waals surface area contributed by atoms with Gasteiger partial charge in [0, 0.05) is 10.9 Å². The third-order valence-corrected chi connectivity index (χ3v) is 4.60. The van der Waals surface area contributed by atoms with Gasteiger partial charge in [0.15, 0.2) is 0 Å². The van der Waals surface area contributed by atoms with Crippen molar-refractivity contribution in [2.45, 2.75) is 31.7 Å². The number of aryl methyl sites for hydroxylation is 1. The summed E-state index contributed by atoms with van der Waals surface area (Å²) in [4.78, 5) is 1.36. The fraction of sp³-hybridized carbons (Fsp3) is 0.375. The van der Waals surface area contributed by atoms with Crippen LogP contribution in [0.5, 0.6) is 0 Å². The Kier molecular flexibility index (Phi) is 5.90. The molecule has 1 heterocycles. The minimum Gasteiger partial charge on any atom is -0.317 e. The molecule has 1 aromatic carbocycles. The van der Waals surface area contributed by atoms with E-state index in [2.05, 4.69) is 41.7 Å². The SMILES string of the molecule is CNC(CCCc1ccccc1)Cc1ccc(Cl)s1. The van der Waals surface area contributed by atoms with Crippen molar-refractivity contribution in [3.8, 4) is 0 Å². The van der Waals surface area contributed by atoms with Gasteiger partial charge in [-0.1, -0.05) is 41.9 Å². The van der Waals surface area contributed by atoms with Gasteiger partial charge in [-0.05, 0) is 50.4 Å². The zero-order chi connectivity index (χ0) is 13.5. The van der Waals surface area contributed by atoms with E-state index in [1.807, 2.05) is 13.1 Å². The molecular weight excluding hydrogens is 274 g/mol. The van der Waals surface area contributed by atoms with Crippen LogP contribution >= 0.6 is 22.9 Å². The first-order valence-electron chi connectivity index (χ1n) is 6.73. The minimum atomic E-state index is 0.540. The molecule has 0 radical (unpaired) electrons. The lowest BCUT2D eigenvalue weighted by molar-refractivity contribution is 0.505. The van der Waals surface area contributed by atoms with Gasteiger partial charge in [0.05, 0.1) is 4.34 Å². The third-order valence-electron chi connectivity index (χ3n) is 3.35. The van der Waals surface area contributed by atoms with Gasteiger partial charge >= 0.3 is 0 Å². The second-order valence-electron chi connectivity index (χ2n) is 4.77. The van der Waals surface area contributed by atoms with Crippen molar-refractivity contribution in [1.29, 1.82) is 0 Å². The van der Waals surface area contributed by atoms with Crippen LogP contribution in [-0.4, -0.2) is 13.1 Å². The summed E-state index contributed by atoms with van der Waals surface area (Å²) < 4.78 is 0.883. The molecule has 2 aromatic rings. The maximum absolute atomic E-state index is 5.97. The van der Waals surface area contributed by atoms with Gasteiger partial charge in [0.25, 0.3) is 0 Å². The highest BCUT2D eigenvalue weighted by molar-refractivity contribution is 7.16. The number of hydrogen-bond acceptors (Lipinski definition) is 2. The average Bonchev–Trinajstić information content (AvgIpc) is 2.84. The average molecular weight is 294 g/mol. The Balaban J connectivity index is 1.76. The summed E-state index contributed by atoms with van der Waals surface area (Å²) in [5, 5.41) is 3.41. The summed E-state index contributed by atoms with van der Waals surface area (Å²) in [5.41, 5.74) is 1.43. The van der Waals surface area contributed by atoms with Crippen molar-refractivity contribution in [3.63, 3.8) is 0 Å². The molecule has 1 nitrogen and oxygen atoms in total. The van der Waals surface area contributed by atoms with Crippen LogP contribution in [0.1, 0.15) is 23.3 Å². The first-order chi connectivity index (χ1) is 9.28. The van der Waals surface area contributed by atoms with Gasteiger partial charge in [-0.15, -0.1) is 11.3 Å². The minimum absolute atomic E-state index is 0.540.